The fraction of sp³-hybridized carbons (Fsp3) is 0.231. The lowest BCUT2D eigenvalue weighted by Crippen LogP contribution is -2.16. The van der Waals surface area contributed by atoms with Crippen LogP contribution in [0.5, 0.6) is 5.75 Å². The van der Waals surface area contributed by atoms with Gasteiger partial charge in [0.2, 0.25) is 0 Å². The number of ether oxygens (including phenoxy) is 1. The molecule has 1 unspecified atom stereocenters. The second kappa shape index (κ2) is 5.82. The summed E-state index contributed by atoms with van der Waals surface area (Å²) < 4.78 is 19.7. The maximum Gasteiger partial charge on any atom is 0.165 e. The standard InChI is InChI=1S/C13H13BrFNOS/c1-16-13(12-6-9(14)7-18-12)8-3-4-11(17-2)10(15)5-8/h3-7,13,16H,1-2H3. The minimum Gasteiger partial charge on any atom is -0.494 e. The van der Waals surface area contributed by atoms with Crippen LogP contribution in [0, 0.1) is 5.82 Å². The van der Waals surface area contributed by atoms with Crippen molar-refractivity contribution in [2.75, 3.05) is 14.2 Å². The number of thiophene rings is 1. The van der Waals surface area contributed by atoms with Gasteiger partial charge < -0.3 is 10.1 Å². The summed E-state index contributed by atoms with van der Waals surface area (Å²) in [6.07, 6.45) is 0. The molecule has 2 aromatic rings. The molecule has 0 aliphatic rings. The lowest BCUT2D eigenvalue weighted by molar-refractivity contribution is 0.386. The third kappa shape index (κ3) is 2.74. The SMILES string of the molecule is CNC(c1ccc(OC)c(F)c1)c1cc(Br)cs1. The zero-order valence-electron chi connectivity index (χ0n) is 10.0. The van der Waals surface area contributed by atoms with Crippen LogP contribution in [0.3, 0.4) is 0 Å². The van der Waals surface area contributed by atoms with E-state index < -0.39 is 0 Å². The Bertz CT molecular complexity index is 544. The van der Waals surface area contributed by atoms with E-state index in [-0.39, 0.29) is 17.6 Å². The fourth-order valence-corrected chi connectivity index (χ4v) is 3.40. The van der Waals surface area contributed by atoms with Crippen LogP contribution in [0.25, 0.3) is 0 Å². The molecule has 2 rings (SSSR count). The van der Waals surface area contributed by atoms with E-state index >= 15 is 0 Å². The number of nitrogens with one attached hydrogen (secondary N) is 1. The monoisotopic (exact) mass is 329 g/mol. The van der Waals surface area contributed by atoms with Gasteiger partial charge in [-0.1, -0.05) is 6.07 Å². The fourth-order valence-electron chi connectivity index (χ4n) is 1.82. The molecular weight excluding hydrogens is 317 g/mol. The molecule has 96 valence electrons. The summed E-state index contributed by atoms with van der Waals surface area (Å²) in [5.74, 6) is -0.0770. The summed E-state index contributed by atoms with van der Waals surface area (Å²) in [4.78, 5) is 1.13. The summed E-state index contributed by atoms with van der Waals surface area (Å²) >= 11 is 5.06. The molecule has 0 aliphatic carbocycles. The number of rotatable bonds is 4. The first-order valence-corrected chi connectivity index (χ1v) is 7.07. The minimum atomic E-state index is -0.342. The van der Waals surface area contributed by atoms with Gasteiger partial charge >= 0.3 is 0 Å². The van der Waals surface area contributed by atoms with Crippen molar-refractivity contribution in [1.82, 2.24) is 5.32 Å². The molecule has 1 aromatic heterocycles. The first-order valence-electron chi connectivity index (χ1n) is 5.40. The van der Waals surface area contributed by atoms with Crippen molar-refractivity contribution < 1.29 is 9.13 Å². The molecule has 18 heavy (non-hydrogen) atoms. The zero-order valence-corrected chi connectivity index (χ0v) is 12.4. The predicted octanol–water partition coefficient (Wildman–Crippen LogP) is 3.97. The Morgan fingerprint density at radius 3 is 2.67 bits per heavy atom. The molecule has 0 saturated carbocycles. The Hall–Kier alpha value is -0.910. The Labute approximate surface area is 118 Å². The van der Waals surface area contributed by atoms with Gasteiger partial charge in [-0.2, -0.15) is 0 Å². The van der Waals surface area contributed by atoms with Gasteiger partial charge in [0.25, 0.3) is 0 Å². The quantitative estimate of drug-likeness (QED) is 0.916. The van der Waals surface area contributed by atoms with Crippen LogP contribution in [0.15, 0.2) is 34.1 Å². The molecule has 0 fully saturated rings. The first kappa shape index (κ1) is 13.5. The van der Waals surface area contributed by atoms with Crippen molar-refractivity contribution in [1.29, 1.82) is 0 Å². The second-order valence-corrected chi connectivity index (χ2v) is 5.64. The summed E-state index contributed by atoms with van der Waals surface area (Å²) in [6, 6.07) is 7.05. The van der Waals surface area contributed by atoms with Gasteiger partial charge in [-0.25, -0.2) is 4.39 Å². The molecule has 1 atom stereocenters. The average Bonchev–Trinajstić information content (AvgIpc) is 2.77. The van der Waals surface area contributed by atoms with Gasteiger partial charge in [-0.05, 0) is 46.7 Å². The lowest BCUT2D eigenvalue weighted by Gasteiger charge is -2.15. The summed E-state index contributed by atoms with van der Waals surface area (Å²) in [5.41, 5.74) is 0.880. The third-order valence-corrected chi connectivity index (χ3v) is 4.43. The van der Waals surface area contributed by atoms with Crippen molar-refractivity contribution in [3.05, 3.63) is 50.4 Å². The largest absolute Gasteiger partial charge is 0.494 e. The third-order valence-electron chi connectivity index (χ3n) is 2.67. The van der Waals surface area contributed by atoms with Gasteiger partial charge in [0.15, 0.2) is 11.6 Å². The van der Waals surface area contributed by atoms with Crippen LogP contribution >= 0.6 is 27.3 Å². The van der Waals surface area contributed by atoms with Crippen molar-refractivity contribution >= 4 is 27.3 Å². The lowest BCUT2D eigenvalue weighted by atomic mass is 10.1. The normalized spacial score (nSPS) is 12.4. The van der Waals surface area contributed by atoms with E-state index in [2.05, 4.69) is 21.2 Å². The molecule has 5 heteroatoms. The number of hydrogen-bond acceptors (Lipinski definition) is 3. The number of methoxy groups -OCH3 is 1. The highest BCUT2D eigenvalue weighted by atomic mass is 79.9. The second-order valence-electron chi connectivity index (χ2n) is 3.78. The summed E-state index contributed by atoms with van der Waals surface area (Å²) in [5, 5.41) is 5.21. The highest BCUT2D eigenvalue weighted by Crippen LogP contribution is 2.31. The molecule has 1 aromatic carbocycles. The number of benzene rings is 1. The minimum absolute atomic E-state index is 0.0123. The Kier molecular flexibility index (Phi) is 4.37. The van der Waals surface area contributed by atoms with Crippen molar-refractivity contribution in [2.45, 2.75) is 6.04 Å². The topological polar surface area (TPSA) is 21.3 Å². The van der Waals surface area contributed by atoms with Crippen molar-refractivity contribution in [3.63, 3.8) is 0 Å². The van der Waals surface area contributed by atoms with E-state index in [0.717, 1.165) is 14.9 Å². The first-order chi connectivity index (χ1) is 8.65. The molecule has 0 saturated heterocycles. The number of hydrogen-bond donors (Lipinski definition) is 1. The molecule has 1 N–H and O–H groups in total. The highest BCUT2D eigenvalue weighted by Gasteiger charge is 2.16. The highest BCUT2D eigenvalue weighted by molar-refractivity contribution is 9.10. The molecule has 2 nitrogen and oxygen atoms in total. The summed E-state index contributed by atoms with van der Waals surface area (Å²) in [7, 11) is 3.32. The molecule has 0 radical (unpaired) electrons. The Balaban J connectivity index is 2.36. The van der Waals surface area contributed by atoms with E-state index in [4.69, 9.17) is 4.74 Å². The molecule has 1 heterocycles. The maximum atomic E-state index is 13.7. The Morgan fingerprint density at radius 2 is 2.17 bits per heavy atom. The number of halogens is 2. The van der Waals surface area contributed by atoms with E-state index in [1.807, 2.05) is 24.6 Å². The molecule has 0 spiro atoms. The van der Waals surface area contributed by atoms with Crippen LogP contribution in [0.2, 0.25) is 0 Å². The van der Waals surface area contributed by atoms with Crippen LogP contribution in [-0.2, 0) is 0 Å². The van der Waals surface area contributed by atoms with Crippen molar-refractivity contribution in [2.24, 2.45) is 0 Å². The predicted molar refractivity (Wildman–Crippen MR) is 75.9 cm³/mol. The zero-order chi connectivity index (χ0) is 13.1. The van der Waals surface area contributed by atoms with Crippen LogP contribution in [0.1, 0.15) is 16.5 Å². The van der Waals surface area contributed by atoms with E-state index in [1.165, 1.54) is 13.2 Å². The van der Waals surface area contributed by atoms with Gasteiger partial charge in [0, 0.05) is 14.7 Å². The Morgan fingerprint density at radius 1 is 1.39 bits per heavy atom. The molecule has 0 amide bonds. The van der Waals surface area contributed by atoms with Crippen molar-refractivity contribution in [3.8, 4) is 5.75 Å². The summed E-state index contributed by atoms with van der Waals surface area (Å²) in [6.45, 7) is 0. The van der Waals surface area contributed by atoms with Crippen LogP contribution < -0.4 is 10.1 Å². The van der Waals surface area contributed by atoms with Crippen LogP contribution in [0.4, 0.5) is 4.39 Å². The molecular formula is C13H13BrFNOS. The van der Waals surface area contributed by atoms with Crippen LogP contribution in [-0.4, -0.2) is 14.2 Å². The van der Waals surface area contributed by atoms with Gasteiger partial charge in [-0.3, -0.25) is 0 Å². The van der Waals surface area contributed by atoms with Gasteiger partial charge in [-0.15, -0.1) is 11.3 Å². The van der Waals surface area contributed by atoms with E-state index in [9.17, 15) is 4.39 Å². The maximum absolute atomic E-state index is 13.7. The van der Waals surface area contributed by atoms with Gasteiger partial charge in [0.1, 0.15) is 0 Å². The van der Waals surface area contributed by atoms with E-state index in [0.29, 0.717) is 0 Å². The smallest absolute Gasteiger partial charge is 0.165 e. The van der Waals surface area contributed by atoms with E-state index in [1.54, 1.807) is 17.4 Å². The molecule has 0 bridgehead atoms. The molecule has 0 aliphatic heterocycles. The van der Waals surface area contributed by atoms with Gasteiger partial charge in [0.05, 0.1) is 13.2 Å². The average molecular weight is 330 g/mol.